The predicted molar refractivity (Wildman–Crippen MR) is 121 cm³/mol. The Morgan fingerprint density at radius 2 is 1.79 bits per heavy atom. The van der Waals surface area contributed by atoms with Crippen LogP contribution in [0.15, 0.2) is 54.9 Å². The molecule has 0 saturated carbocycles. The van der Waals surface area contributed by atoms with Crippen LogP contribution in [0.5, 0.6) is 5.75 Å². The van der Waals surface area contributed by atoms with E-state index in [1.165, 1.54) is 25.6 Å². The van der Waals surface area contributed by atoms with Crippen LogP contribution in [0.25, 0.3) is 11.1 Å². The van der Waals surface area contributed by atoms with E-state index in [4.69, 9.17) is 21.1 Å². The number of ether oxygens (including phenoxy) is 2. The van der Waals surface area contributed by atoms with Gasteiger partial charge in [-0.2, -0.15) is 13.2 Å². The molecule has 0 unspecified atom stereocenters. The molecule has 0 radical (unpaired) electrons. The van der Waals surface area contributed by atoms with Crippen LogP contribution in [0.3, 0.4) is 0 Å². The van der Waals surface area contributed by atoms with E-state index < -0.39 is 17.7 Å². The molecule has 0 spiro atoms. The molecule has 0 N–H and O–H groups in total. The number of hydrogen-bond acceptors (Lipinski definition) is 5. The number of methoxy groups -OCH3 is 1. The number of rotatable bonds is 6. The van der Waals surface area contributed by atoms with Crippen molar-refractivity contribution in [3.8, 4) is 5.75 Å². The maximum atomic E-state index is 13.5. The number of esters is 1. The lowest BCUT2D eigenvalue weighted by Crippen LogP contribution is -2.08. The number of nitrogens with zero attached hydrogens (tertiary/aromatic N) is 2. The second-order valence-corrected chi connectivity index (χ2v) is 8.15. The SMILES string of the molecule is COC(=O)c1cncc(C2=C(c3cc(C(F)(F)F)ccc3OCc3ccc(Cl)cc3)CCC2)n1. The van der Waals surface area contributed by atoms with Crippen LogP contribution in [-0.4, -0.2) is 23.0 Å². The van der Waals surface area contributed by atoms with E-state index >= 15 is 0 Å². The fourth-order valence-electron chi connectivity index (χ4n) is 3.85. The van der Waals surface area contributed by atoms with Gasteiger partial charge in [0.05, 0.1) is 30.8 Å². The molecule has 0 amide bonds. The summed E-state index contributed by atoms with van der Waals surface area (Å²) >= 11 is 5.92. The third kappa shape index (κ3) is 5.22. The zero-order chi connectivity index (χ0) is 24.3. The van der Waals surface area contributed by atoms with Crippen molar-refractivity contribution in [3.63, 3.8) is 0 Å². The first-order chi connectivity index (χ1) is 16.3. The van der Waals surface area contributed by atoms with E-state index in [0.717, 1.165) is 29.7 Å². The van der Waals surface area contributed by atoms with Gasteiger partial charge < -0.3 is 9.47 Å². The highest BCUT2D eigenvalue weighted by molar-refractivity contribution is 6.30. The third-order valence-electron chi connectivity index (χ3n) is 5.50. The summed E-state index contributed by atoms with van der Waals surface area (Å²) in [5.74, 6) is -0.310. The second kappa shape index (κ2) is 9.85. The monoisotopic (exact) mass is 488 g/mol. The fraction of sp³-hybridized carbons (Fsp3) is 0.240. The molecule has 0 fully saturated rings. The van der Waals surface area contributed by atoms with Gasteiger partial charge in [-0.15, -0.1) is 0 Å². The molecule has 1 aromatic heterocycles. The Labute approximate surface area is 199 Å². The number of carbonyl (C=O) groups excluding carboxylic acids is 1. The molecule has 0 aliphatic heterocycles. The van der Waals surface area contributed by atoms with E-state index in [2.05, 4.69) is 9.97 Å². The minimum Gasteiger partial charge on any atom is -0.488 e. The molecule has 9 heteroatoms. The molecule has 4 rings (SSSR count). The zero-order valence-corrected chi connectivity index (χ0v) is 18.9. The van der Waals surface area contributed by atoms with Crippen LogP contribution >= 0.6 is 11.6 Å². The van der Waals surface area contributed by atoms with Crippen molar-refractivity contribution in [2.45, 2.75) is 32.0 Å². The number of benzene rings is 2. The molecule has 1 aliphatic rings. The van der Waals surface area contributed by atoms with E-state index in [1.54, 1.807) is 24.3 Å². The van der Waals surface area contributed by atoms with Crippen LogP contribution in [0.4, 0.5) is 13.2 Å². The molecule has 1 heterocycles. The van der Waals surface area contributed by atoms with Crippen molar-refractivity contribution in [2.24, 2.45) is 0 Å². The number of allylic oxidation sites excluding steroid dienone is 2. The topological polar surface area (TPSA) is 61.3 Å². The molecule has 0 bridgehead atoms. The highest BCUT2D eigenvalue weighted by atomic mass is 35.5. The van der Waals surface area contributed by atoms with Gasteiger partial charge in [0.2, 0.25) is 0 Å². The Hall–Kier alpha value is -3.39. The number of halogens is 4. The Balaban J connectivity index is 1.77. The largest absolute Gasteiger partial charge is 0.488 e. The molecule has 0 saturated heterocycles. The molecule has 176 valence electrons. The fourth-order valence-corrected chi connectivity index (χ4v) is 3.97. The van der Waals surface area contributed by atoms with Crippen LogP contribution < -0.4 is 4.74 Å². The first-order valence-corrected chi connectivity index (χ1v) is 10.9. The Morgan fingerprint density at radius 1 is 1.06 bits per heavy atom. The lowest BCUT2D eigenvalue weighted by atomic mass is 9.97. The number of aromatic nitrogens is 2. The normalized spacial score (nSPS) is 13.8. The molecule has 34 heavy (non-hydrogen) atoms. The highest BCUT2D eigenvalue weighted by Gasteiger charge is 2.32. The summed E-state index contributed by atoms with van der Waals surface area (Å²) < 4.78 is 51.3. The van der Waals surface area contributed by atoms with E-state index in [0.29, 0.717) is 40.4 Å². The Kier molecular flexibility index (Phi) is 6.88. The average Bonchev–Trinajstić information content (AvgIpc) is 3.32. The molecule has 2 aromatic carbocycles. The summed E-state index contributed by atoms with van der Waals surface area (Å²) in [6, 6.07) is 10.5. The summed E-state index contributed by atoms with van der Waals surface area (Å²) in [6.45, 7) is 0.162. The van der Waals surface area contributed by atoms with Crippen molar-refractivity contribution >= 4 is 28.7 Å². The van der Waals surface area contributed by atoms with Crippen LogP contribution in [0.2, 0.25) is 5.02 Å². The molecule has 1 aliphatic carbocycles. The molecular formula is C25H20ClF3N2O3. The lowest BCUT2D eigenvalue weighted by molar-refractivity contribution is -0.137. The first kappa shape index (κ1) is 23.8. The van der Waals surface area contributed by atoms with Gasteiger partial charge in [0, 0.05) is 10.6 Å². The summed E-state index contributed by atoms with van der Waals surface area (Å²) in [4.78, 5) is 20.3. The quantitative estimate of drug-likeness (QED) is 0.365. The van der Waals surface area contributed by atoms with Gasteiger partial charge in [0.1, 0.15) is 12.4 Å². The summed E-state index contributed by atoms with van der Waals surface area (Å²) in [5.41, 5.74) is 2.28. The first-order valence-electron chi connectivity index (χ1n) is 10.5. The summed E-state index contributed by atoms with van der Waals surface area (Å²) in [6.07, 6.45) is 0.124. The second-order valence-electron chi connectivity index (χ2n) is 7.72. The van der Waals surface area contributed by atoms with Gasteiger partial charge in [-0.1, -0.05) is 23.7 Å². The van der Waals surface area contributed by atoms with Crippen molar-refractivity contribution in [2.75, 3.05) is 7.11 Å². The Bertz CT molecular complexity index is 1240. The number of hydrogen-bond donors (Lipinski definition) is 0. The summed E-state index contributed by atoms with van der Waals surface area (Å²) in [5, 5.41) is 0.579. The van der Waals surface area contributed by atoms with E-state index in [9.17, 15) is 18.0 Å². The van der Waals surface area contributed by atoms with Gasteiger partial charge in [-0.3, -0.25) is 4.98 Å². The Morgan fingerprint density at radius 3 is 2.50 bits per heavy atom. The highest BCUT2D eigenvalue weighted by Crippen LogP contribution is 2.44. The number of carbonyl (C=O) groups is 1. The maximum absolute atomic E-state index is 13.5. The van der Waals surface area contributed by atoms with E-state index in [-0.39, 0.29) is 12.3 Å². The maximum Gasteiger partial charge on any atom is 0.416 e. The third-order valence-corrected chi connectivity index (χ3v) is 5.75. The smallest absolute Gasteiger partial charge is 0.416 e. The van der Waals surface area contributed by atoms with Crippen molar-refractivity contribution < 1.29 is 27.4 Å². The lowest BCUT2D eigenvalue weighted by Gasteiger charge is -2.17. The molecule has 5 nitrogen and oxygen atoms in total. The van der Waals surface area contributed by atoms with Crippen molar-refractivity contribution in [3.05, 3.63) is 88.0 Å². The van der Waals surface area contributed by atoms with Crippen LogP contribution in [-0.2, 0) is 17.5 Å². The van der Waals surface area contributed by atoms with Gasteiger partial charge in [-0.25, -0.2) is 9.78 Å². The standard InChI is InChI=1S/C25H20ClF3N2O3/c1-33-24(32)22-13-30-12-21(31-22)19-4-2-3-18(19)20-11-16(25(27,28)29)7-10-23(20)34-14-15-5-8-17(26)9-6-15/h5-13H,2-4,14H2,1H3. The zero-order valence-electron chi connectivity index (χ0n) is 18.2. The van der Waals surface area contributed by atoms with Crippen molar-refractivity contribution in [1.29, 1.82) is 0 Å². The minimum absolute atomic E-state index is 0.0296. The predicted octanol–water partition coefficient (Wildman–Crippen LogP) is 6.61. The van der Waals surface area contributed by atoms with Gasteiger partial charge >= 0.3 is 12.1 Å². The molecule has 0 atom stereocenters. The minimum atomic E-state index is -4.51. The molecule has 3 aromatic rings. The van der Waals surface area contributed by atoms with Gasteiger partial charge in [0.25, 0.3) is 0 Å². The van der Waals surface area contributed by atoms with Crippen LogP contribution in [0, 0.1) is 0 Å². The van der Waals surface area contributed by atoms with Gasteiger partial charge in [0.15, 0.2) is 5.69 Å². The van der Waals surface area contributed by atoms with Crippen LogP contribution in [0.1, 0.15) is 52.1 Å². The van der Waals surface area contributed by atoms with Gasteiger partial charge in [-0.05, 0) is 66.3 Å². The summed E-state index contributed by atoms with van der Waals surface area (Å²) in [7, 11) is 1.24. The number of alkyl halides is 3. The van der Waals surface area contributed by atoms with E-state index in [1.807, 2.05) is 0 Å². The van der Waals surface area contributed by atoms with Crippen molar-refractivity contribution in [1.82, 2.24) is 9.97 Å². The molecular weight excluding hydrogens is 469 g/mol. The average molecular weight is 489 g/mol.